The molecule has 1 aromatic carbocycles. The van der Waals surface area contributed by atoms with E-state index in [2.05, 4.69) is 65.2 Å². The minimum absolute atomic E-state index is 0.0205. The maximum atomic E-state index is 14.3. The van der Waals surface area contributed by atoms with Gasteiger partial charge < -0.3 is 20.8 Å². The minimum atomic E-state index is -0.883. The number of carboxylic acids is 2. The number of hydrogen-bond acceptors (Lipinski definition) is 4. The van der Waals surface area contributed by atoms with Crippen LogP contribution >= 0.6 is 0 Å². The molecule has 4 saturated carbocycles. The van der Waals surface area contributed by atoms with Crippen LogP contribution in [0.1, 0.15) is 129 Å². The molecule has 9 atom stereocenters. The molecule has 0 heterocycles. The van der Waals surface area contributed by atoms with Gasteiger partial charge in [-0.15, -0.1) is 0 Å². The number of allylic oxidation sites excluding steroid dienone is 2. The Kier molecular flexibility index (Phi) is 9.46. The number of aromatic carboxylic acids is 1. The topological polar surface area (TPSA) is 116 Å². The lowest BCUT2D eigenvalue weighted by Gasteiger charge is -2.72. The molecule has 0 unspecified atom stereocenters. The Labute approximate surface area is 294 Å². The first-order chi connectivity index (χ1) is 23.0. The van der Waals surface area contributed by atoms with Gasteiger partial charge in [0.2, 0.25) is 5.91 Å². The van der Waals surface area contributed by atoms with Gasteiger partial charge in [-0.3, -0.25) is 9.59 Å². The molecule has 5 aliphatic carbocycles. The van der Waals surface area contributed by atoms with Crippen LogP contribution in [0.25, 0.3) is 5.57 Å². The zero-order valence-electron chi connectivity index (χ0n) is 31.2. The first kappa shape index (κ1) is 36.1. The number of aliphatic carboxylic acids is 1. The normalized spacial score (nSPS) is 39.2. The van der Waals surface area contributed by atoms with Gasteiger partial charge in [0.1, 0.15) is 0 Å². The summed E-state index contributed by atoms with van der Waals surface area (Å²) in [5.74, 6) is 1.76. The number of carboxylic acid groups (broad SMARTS) is 2. The predicted octanol–water partition coefficient (Wildman–Crippen LogP) is 8.30. The largest absolute Gasteiger partial charge is 0.481 e. The van der Waals surface area contributed by atoms with Crippen molar-refractivity contribution in [1.82, 2.24) is 10.6 Å². The van der Waals surface area contributed by atoms with Crippen LogP contribution in [0.15, 0.2) is 30.3 Å². The van der Waals surface area contributed by atoms with Crippen LogP contribution in [0.2, 0.25) is 0 Å². The molecule has 0 aromatic heterocycles. The van der Waals surface area contributed by atoms with E-state index >= 15 is 0 Å². The Morgan fingerprint density at radius 2 is 1.53 bits per heavy atom. The second-order valence-electron chi connectivity index (χ2n) is 18.4. The van der Waals surface area contributed by atoms with Crippen molar-refractivity contribution in [2.45, 2.75) is 113 Å². The maximum Gasteiger partial charge on any atom is 0.335 e. The van der Waals surface area contributed by atoms with Crippen LogP contribution in [0.5, 0.6) is 0 Å². The van der Waals surface area contributed by atoms with Gasteiger partial charge in [0.25, 0.3) is 0 Å². The molecule has 49 heavy (non-hydrogen) atoms. The molecule has 5 aliphatic rings. The van der Waals surface area contributed by atoms with Crippen LogP contribution < -0.4 is 10.6 Å². The average molecular weight is 675 g/mol. The molecule has 6 rings (SSSR count). The highest BCUT2D eigenvalue weighted by molar-refractivity contribution is 5.88. The van der Waals surface area contributed by atoms with Crippen LogP contribution in [-0.2, 0) is 9.59 Å². The number of fused-ring (bicyclic) bond motifs is 7. The third kappa shape index (κ3) is 5.60. The molecular formula is C42H62N2O5. The highest BCUT2D eigenvalue weighted by Gasteiger charge is 2.71. The fraction of sp³-hybridized carbons (Fsp3) is 0.738. The van der Waals surface area contributed by atoms with E-state index in [1.165, 1.54) is 31.3 Å². The molecule has 4 fully saturated rings. The number of carbonyl (C=O) groups excluding carboxylic acids is 1. The standard InChI is InChI=1S/C42H62N2O5/c1-26(2)29-14-20-42(37(49)44-25-24-43-23-17-34(45)46)22-21-40(6)31(35(29)42)12-13-33-39(5)18-15-30(27-8-10-28(11-9-27)36(47)48)38(3,4)32(39)16-19-41(33,40)7/h8-11,15,26,29,31-33,35,43H,12-14,16-25H2,1-7H3,(H,44,49)(H,45,46)(H,47,48)/t29-,31+,32-,33+,35+,39-,40+,41+,42-/m0/s1. The first-order valence-electron chi connectivity index (χ1n) is 19.3. The summed E-state index contributed by atoms with van der Waals surface area (Å²) in [6, 6.07) is 7.51. The van der Waals surface area contributed by atoms with Gasteiger partial charge in [-0.2, -0.15) is 0 Å². The lowest BCUT2D eigenvalue weighted by atomic mass is 9.32. The Bertz CT molecular complexity index is 1480. The van der Waals surface area contributed by atoms with Gasteiger partial charge >= 0.3 is 11.9 Å². The summed E-state index contributed by atoms with van der Waals surface area (Å²) < 4.78 is 0. The SMILES string of the molecule is CC(C)[C@@H]1CC[C@]2(C(=O)NCCNCCC(=O)O)CC[C@]3(C)[C@H](CC[C@@H]4[C@@]5(C)CC=C(c6ccc(C(=O)O)cc6)C(C)(C)[C@@H]5CC[C@]43C)[C@@H]12. The van der Waals surface area contributed by atoms with Crippen LogP contribution in [0.4, 0.5) is 0 Å². The summed E-state index contributed by atoms with van der Waals surface area (Å²) in [6.45, 7) is 19.1. The number of nitrogens with one attached hydrogen (secondary N) is 2. The van der Waals surface area contributed by atoms with E-state index in [1.54, 1.807) is 12.1 Å². The fourth-order valence-electron chi connectivity index (χ4n) is 13.4. The van der Waals surface area contributed by atoms with Crippen LogP contribution in [0.3, 0.4) is 0 Å². The zero-order valence-corrected chi connectivity index (χ0v) is 31.2. The molecule has 0 bridgehead atoms. The zero-order chi connectivity index (χ0) is 35.6. The van der Waals surface area contributed by atoms with E-state index in [9.17, 15) is 19.5 Å². The molecule has 0 radical (unpaired) electrons. The molecule has 1 amide bonds. The highest BCUT2D eigenvalue weighted by Crippen LogP contribution is 2.77. The third-order valence-corrected chi connectivity index (χ3v) is 15.9. The quantitative estimate of drug-likeness (QED) is 0.186. The number of rotatable bonds is 10. The number of amides is 1. The molecular weight excluding hydrogens is 612 g/mol. The van der Waals surface area contributed by atoms with Crippen molar-refractivity contribution in [2.24, 2.45) is 62.6 Å². The van der Waals surface area contributed by atoms with Gasteiger partial charge in [0.05, 0.1) is 17.4 Å². The minimum Gasteiger partial charge on any atom is -0.481 e. The molecule has 0 aliphatic heterocycles. The van der Waals surface area contributed by atoms with Gasteiger partial charge in [0.15, 0.2) is 0 Å². The summed E-state index contributed by atoms with van der Waals surface area (Å²) in [7, 11) is 0. The van der Waals surface area contributed by atoms with E-state index in [0.717, 1.165) is 37.7 Å². The first-order valence-corrected chi connectivity index (χ1v) is 19.3. The van der Waals surface area contributed by atoms with Gasteiger partial charge in [0, 0.05) is 19.6 Å². The monoisotopic (exact) mass is 674 g/mol. The van der Waals surface area contributed by atoms with Crippen molar-refractivity contribution in [2.75, 3.05) is 19.6 Å². The Morgan fingerprint density at radius 3 is 2.18 bits per heavy atom. The van der Waals surface area contributed by atoms with E-state index in [4.69, 9.17) is 5.11 Å². The molecule has 0 saturated heterocycles. The number of benzene rings is 1. The number of hydrogen-bond donors (Lipinski definition) is 4. The second-order valence-corrected chi connectivity index (χ2v) is 18.4. The average Bonchev–Trinajstić information content (AvgIpc) is 3.44. The summed E-state index contributed by atoms with van der Waals surface area (Å²) >= 11 is 0. The summed E-state index contributed by atoms with van der Waals surface area (Å²) in [4.78, 5) is 36.7. The summed E-state index contributed by atoms with van der Waals surface area (Å²) in [5, 5.41) is 24.9. The van der Waals surface area contributed by atoms with Crippen molar-refractivity contribution in [1.29, 1.82) is 0 Å². The molecule has 7 nitrogen and oxygen atoms in total. The van der Waals surface area contributed by atoms with Gasteiger partial charge in [-0.1, -0.05) is 66.7 Å². The van der Waals surface area contributed by atoms with Crippen LogP contribution in [0, 0.1) is 62.6 Å². The lowest BCUT2D eigenvalue weighted by molar-refractivity contribution is -0.227. The van der Waals surface area contributed by atoms with E-state index in [1.807, 2.05) is 12.1 Å². The lowest BCUT2D eigenvalue weighted by Crippen LogP contribution is -2.66. The van der Waals surface area contributed by atoms with Crippen molar-refractivity contribution >= 4 is 23.4 Å². The fourth-order valence-corrected chi connectivity index (χ4v) is 13.4. The van der Waals surface area contributed by atoms with Crippen LogP contribution in [-0.4, -0.2) is 47.7 Å². The summed E-state index contributed by atoms with van der Waals surface area (Å²) in [5.41, 5.74) is 3.09. The predicted molar refractivity (Wildman–Crippen MR) is 194 cm³/mol. The number of carbonyl (C=O) groups is 3. The van der Waals surface area contributed by atoms with E-state index < -0.39 is 11.9 Å². The molecule has 1 aromatic rings. The van der Waals surface area contributed by atoms with E-state index in [-0.39, 0.29) is 39.4 Å². The molecule has 270 valence electrons. The Balaban J connectivity index is 1.26. The maximum absolute atomic E-state index is 14.3. The molecule has 0 spiro atoms. The molecule has 4 N–H and O–H groups in total. The van der Waals surface area contributed by atoms with Crippen molar-refractivity contribution in [3.63, 3.8) is 0 Å². The smallest absolute Gasteiger partial charge is 0.335 e. The third-order valence-electron chi connectivity index (χ3n) is 15.9. The van der Waals surface area contributed by atoms with Crippen molar-refractivity contribution in [3.8, 4) is 0 Å². The van der Waals surface area contributed by atoms with Crippen molar-refractivity contribution < 1.29 is 24.6 Å². The second kappa shape index (κ2) is 12.8. The Hall–Kier alpha value is -2.67. The van der Waals surface area contributed by atoms with E-state index in [0.29, 0.717) is 60.7 Å². The highest BCUT2D eigenvalue weighted by atomic mass is 16.4. The van der Waals surface area contributed by atoms with Gasteiger partial charge in [-0.05, 0) is 138 Å². The van der Waals surface area contributed by atoms with Crippen molar-refractivity contribution in [3.05, 3.63) is 41.5 Å². The van der Waals surface area contributed by atoms with Gasteiger partial charge in [-0.25, -0.2) is 4.79 Å². The molecule has 7 heteroatoms. The summed E-state index contributed by atoms with van der Waals surface area (Å²) in [6.07, 6.45) is 12.7. The Morgan fingerprint density at radius 1 is 0.816 bits per heavy atom.